The van der Waals surface area contributed by atoms with Crippen molar-refractivity contribution in [2.24, 2.45) is 0 Å². The summed E-state index contributed by atoms with van der Waals surface area (Å²) in [7, 11) is 0. The van der Waals surface area contributed by atoms with Crippen LogP contribution in [-0.2, 0) is 0 Å². The van der Waals surface area contributed by atoms with Gasteiger partial charge in [-0.2, -0.15) is 0 Å². The Hall–Kier alpha value is -9.97. The molecule has 3 aromatic heterocycles. The van der Waals surface area contributed by atoms with Crippen LogP contribution in [0.3, 0.4) is 0 Å². The lowest BCUT2D eigenvalue weighted by molar-refractivity contribution is 0.670. The molecular formula is C69H44N4O. The molecule has 0 saturated carbocycles. The van der Waals surface area contributed by atoms with Crippen molar-refractivity contribution in [1.29, 1.82) is 0 Å². The molecule has 5 nitrogen and oxygen atoms in total. The summed E-state index contributed by atoms with van der Waals surface area (Å²) in [6.07, 6.45) is 0. The van der Waals surface area contributed by atoms with Gasteiger partial charge in [0.1, 0.15) is 11.2 Å². The van der Waals surface area contributed by atoms with Crippen molar-refractivity contribution in [2.45, 2.75) is 0 Å². The van der Waals surface area contributed by atoms with E-state index in [4.69, 9.17) is 26.2 Å². The van der Waals surface area contributed by atoms with Crippen LogP contribution < -0.4 is 0 Å². The van der Waals surface area contributed by atoms with Gasteiger partial charge in [-0.3, -0.25) is 0 Å². The smallest absolute Gasteiger partial charge is 0.166 e. The number of rotatable bonds is 9. The van der Waals surface area contributed by atoms with Gasteiger partial charge in [-0.15, -0.1) is 0 Å². The third kappa shape index (κ3) is 7.63. The molecule has 11 aromatic carbocycles. The third-order valence-electron chi connectivity index (χ3n) is 13.8. The van der Waals surface area contributed by atoms with E-state index in [1.165, 1.54) is 6.07 Å². The maximum absolute atomic E-state index is 9.30. The highest BCUT2D eigenvalue weighted by Crippen LogP contribution is 2.41. The van der Waals surface area contributed by atoms with E-state index in [9.17, 15) is 2.74 Å². The highest BCUT2D eigenvalue weighted by atomic mass is 16.3. The first-order chi connectivity index (χ1) is 39.6. The standard InChI is InChI=1S/C69H44N4O/c1-3-18-45(19-4-1)47-22-13-23-48(40-47)49-24-14-25-50(41-49)51-26-15-28-54(42-51)67-70-68(72-69(71-67)60-32-9-12-37-64(60)73-62-35-10-7-30-57(62)58-31-8-11-36-63(58)73)55-29-16-27-53(43-55)56-33-17-34-59-61-44-52(46-20-5-2-6-21-46)38-39-65(61)74-66(56)59/h1-44H/i7D,8D,10D,30D,31D,35D,36D. The van der Waals surface area contributed by atoms with E-state index >= 15 is 0 Å². The van der Waals surface area contributed by atoms with E-state index < -0.39 is 12.1 Å². The van der Waals surface area contributed by atoms with Gasteiger partial charge in [-0.25, -0.2) is 15.0 Å². The highest BCUT2D eigenvalue weighted by Gasteiger charge is 2.21. The average molecular weight is 952 g/mol. The van der Waals surface area contributed by atoms with Crippen LogP contribution in [0.25, 0.3) is 139 Å². The number of fused-ring (bicyclic) bond motifs is 6. The van der Waals surface area contributed by atoms with Gasteiger partial charge in [0.15, 0.2) is 17.5 Å². The summed E-state index contributed by atoms with van der Waals surface area (Å²) in [4.78, 5) is 15.8. The molecule has 14 aromatic rings. The molecule has 0 atom stereocenters. The van der Waals surface area contributed by atoms with Crippen molar-refractivity contribution >= 4 is 43.7 Å². The van der Waals surface area contributed by atoms with Crippen LogP contribution in [0.15, 0.2) is 271 Å². The third-order valence-corrected chi connectivity index (χ3v) is 13.8. The minimum atomic E-state index is -0.477. The van der Waals surface area contributed by atoms with E-state index in [1.54, 1.807) is 16.7 Å². The van der Waals surface area contributed by atoms with Crippen LogP contribution in [0.4, 0.5) is 0 Å². The molecule has 3 heterocycles. The largest absolute Gasteiger partial charge is 0.455 e. The fourth-order valence-corrected chi connectivity index (χ4v) is 10.2. The zero-order valence-corrected chi connectivity index (χ0v) is 39.6. The van der Waals surface area contributed by atoms with Crippen LogP contribution >= 0.6 is 0 Å². The van der Waals surface area contributed by atoms with Crippen LogP contribution in [-0.4, -0.2) is 19.5 Å². The first-order valence-electron chi connectivity index (χ1n) is 27.9. The van der Waals surface area contributed by atoms with Crippen LogP contribution in [0.5, 0.6) is 0 Å². The molecule has 0 aliphatic heterocycles. The summed E-state index contributed by atoms with van der Waals surface area (Å²) in [6.45, 7) is 0. The van der Waals surface area contributed by atoms with Crippen molar-refractivity contribution in [1.82, 2.24) is 19.5 Å². The van der Waals surface area contributed by atoms with E-state index in [2.05, 4.69) is 109 Å². The molecule has 0 amide bonds. The van der Waals surface area contributed by atoms with Gasteiger partial charge < -0.3 is 8.98 Å². The molecule has 74 heavy (non-hydrogen) atoms. The molecule has 5 heteroatoms. The molecule has 0 unspecified atom stereocenters. The van der Waals surface area contributed by atoms with Gasteiger partial charge in [-0.1, -0.05) is 206 Å². The monoisotopic (exact) mass is 951 g/mol. The topological polar surface area (TPSA) is 56.7 Å². The normalized spacial score (nSPS) is 12.8. The summed E-state index contributed by atoms with van der Waals surface area (Å²) in [5, 5.41) is 2.13. The minimum absolute atomic E-state index is 0.0492. The summed E-state index contributed by atoms with van der Waals surface area (Å²) in [5.41, 5.74) is 14.4. The van der Waals surface area contributed by atoms with Gasteiger partial charge in [0.2, 0.25) is 0 Å². The SMILES string of the molecule is [2H]c1cc([2H])c2c(c1[2H])c1c([2H])c([2H])c([2H])c([2H])c1n2-c1ccccc1-c1nc(-c2cccc(-c3cccc(-c4cccc(-c5ccccc5)c4)c3)c2)nc(-c2cccc(-c3cccc4c3oc3ccc(-c5ccccc5)cc34)c2)n1. The Balaban J connectivity index is 0.948. The van der Waals surface area contributed by atoms with E-state index in [1.807, 2.05) is 97.1 Å². The molecule has 0 N–H and O–H groups in total. The summed E-state index contributed by atoms with van der Waals surface area (Å²) in [5.74, 6) is 0.982. The Labute approximate surface area is 437 Å². The molecule has 0 bridgehead atoms. The molecule has 0 aliphatic carbocycles. The van der Waals surface area contributed by atoms with Gasteiger partial charge in [0.05, 0.1) is 26.3 Å². The number of aromatic nitrogens is 4. The molecule has 0 spiro atoms. The number of hydrogen-bond acceptors (Lipinski definition) is 4. The minimum Gasteiger partial charge on any atom is -0.455 e. The van der Waals surface area contributed by atoms with E-state index in [0.29, 0.717) is 34.0 Å². The second-order valence-corrected chi connectivity index (χ2v) is 18.2. The fourth-order valence-electron chi connectivity index (χ4n) is 10.2. The Morgan fingerprint density at radius 2 is 0.784 bits per heavy atom. The van der Waals surface area contributed by atoms with Crippen molar-refractivity contribution in [3.8, 4) is 95.5 Å². The van der Waals surface area contributed by atoms with Gasteiger partial charge in [-0.05, 0) is 111 Å². The van der Waals surface area contributed by atoms with E-state index in [0.717, 1.165) is 77.6 Å². The lowest BCUT2D eigenvalue weighted by Crippen LogP contribution is -2.03. The fraction of sp³-hybridized carbons (Fsp3) is 0. The van der Waals surface area contributed by atoms with Gasteiger partial charge in [0.25, 0.3) is 0 Å². The quantitative estimate of drug-likeness (QED) is 0.145. The highest BCUT2D eigenvalue weighted by molar-refractivity contribution is 6.11. The number of nitrogens with zero attached hydrogens (tertiary/aromatic N) is 4. The van der Waals surface area contributed by atoms with Crippen LogP contribution in [0.1, 0.15) is 9.60 Å². The Kier molecular flexibility index (Phi) is 8.77. The lowest BCUT2D eigenvalue weighted by Gasteiger charge is -2.15. The van der Waals surface area contributed by atoms with Crippen LogP contribution in [0, 0.1) is 0 Å². The number of para-hydroxylation sites is 4. The summed E-state index contributed by atoms with van der Waals surface area (Å²) >= 11 is 0. The molecule has 0 aliphatic rings. The Bertz CT molecular complexity index is 4860. The Morgan fingerprint density at radius 1 is 0.311 bits per heavy atom. The lowest BCUT2D eigenvalue weighted by atomic mass is 9.95. The van der Waals surface area contributed by atoms with Gasteiger partial charge >= 0.3 is 0 Å². The van der Waals surface area contributed by atoms with Crippen LogP contribution in [0.2, 0.25) is 0 Å². The van der Waals surface area contributed by atoms with Gasteiger partial charge in [0, 0.05) is 43.8 Å². The maximum Gasteiger partial charge on any atom is 0.166 e. The van der Waals surface area contributed by atoms with E-state index in [-0.39, 0.29) is 57.8 Å². The number of benzene rings is 11. The van der Waals surface area contributed by atoms with Crippen molar-refractivity contribution in [3.63, 3.8) is 0 Å². The second-order valence-electron chi connectivity index (χ2n) is 18.2. The molecule has 0 fully saturated rings. The zero-order valence-electron chi connectivity index (χ0n) is 46.6. The van der Waals surface area contributed by atoms with Crippen molar-refractivity contribution in [2.75, 3.05) is 0 Å². The average Bonchev–Trinajstić information content (AvgIpc) is 4.05. The molecule has 346 valence electrons. The Morgan fingerprint density at radius 3 is 1.46 bits per heavy atom. The predicted octanol–water partition coefficient (Wildman–Crippen LogP) is 18.2. The number of hydrogen-bond donors (Lipinski definition) is 0. The summed E-state index contributed by atoms with van der Waals surface area (Å²) in [6, 6.07) is 72.5. The first-order valence-corrected chi connectivity index (χ1v) is 24.4. The summed E-state index contributed by atoms with van der Waals surface area (Å²) < 4.78 is 71.1. The maximum atomic E-state index is 9.30. The zero-order chi connectivity index (χ0) is 55.0. The second kappa shape index (κ2) is 18.0. The van der Waals surface area contributed by atoms with Crippen molar-refractivity contribution < 1.29 is 14.0 Å². The number of furan rings is 1. The molecule has 0 radical (unpaired) electrons. The molecule has 14 rings (SSSR count). The van der Waals surface area contributed by atoms with Crippen molar-refractivity contribution in [3.05, 3.63) is 267 Å². The predicted molar refractivity (Wildman–Crippen MR) is 305 cm³/mol. The first kappa shape index (κ1) is 36.0. The molecular weight excluding hydrogens is 901 g/mol. The molecule has 0 saturated heterocycles.